The molecule has 174 valence electrons. The molecular weight excluding hydrogens is 428 g/mol. The van der Waals surface area contributed by atoms with E-state index in [1.54, 1.807) is 39.8 Å². The van der Waals surface area contributed by atoms with Gasteiger partial charge in [-0.2, -0.15) is 0 Å². The Hall–Kier alpha value is -4.08. The molecule has 1 aromatic heterocycles. The van der Waals surface area contributed by atoms with Gasteiger partial charge in [0.05, 0.1) is 23.7 Å². The monoisotopic (exact) mass is 454 g/mol. The molecule has 3 rings (SSSR count). The number of nitrogens with one attached hydrogen (secondary N) is 3. The van der Waals surface area contributed by atoms with Gasteiger partial charge in [-0.15, -0.1) is 0 Å². The quantitative estimate of drug-likeness (QED) is 0.542. The van der Waals surface area contributed by atoms with E-state index in [1.807, 2.05) is 0 Å². The molecule has 0 aliphatic carbocycles. The maximum Gasteiger partial charge on any atom is 0.412 e. The topological polar surface area (TPSA) is 132 Å². The molecule has 2 aromatic carbocycles. The Morgan fingerprint density at radius 3 is 2.42 bits per heavy atom. The van der Waals surface area contributed by atoms with Crippen LogP contribution in [0.2, 0.25) is 0 Å². The molecule has 3 N–H and O–H groups in total. The summed E-state index contributed by atoms with van der Waals surface area (Å²) in [6.07, 6.45) is -0.666. The van der Waals surface area contributed by atoms with Crippen LogP contribution in [0.1, 0.15) is 38.1 Å². The van der Waals surface area contributed by atoms with Crippen LogP contribution in [0.15, 0.2) is 46.0 Å². The second-order valence-corrected chi connectivity index (χ2v) is 8.24. The minimum absolute atomic E-state index is 0.240. The number of H-pyrrole nitrogens is 1. The van der Waals surface area contributed by atoms with Crippen molar-refractivity contribution in [2.45, 2.75) is 39.8 Å². The number of hydrogen-bond acceptors (Lipinski definition) is 6. The van der Waals surface area contributed by atoms with E-state index in [0.29, 0.717) is 22.5 Å². The van der Waals surface area contributed by atoms with Gasteiger partial charge in [-0.3, -0.25) is 19.5 Å². The number of methoxy groups -OCH3 is 1. The molecule has 0 aliphatic heterocycles. The van der Waals surface area contributed by atoms with Crippen molar-refractivity contribution < 1.29 is 19.1 Å². The van der Waals surface area contributed by atoms with E-state index >= 15 is 0 Å². The molecule has 0 saturated heterocycles. The Morgan fingerprint density at radius 2 is 1.79 bits per heavy atom. The molecule has 0 atom stereocenters. The Labute approximate surface area is 189 Å². The number of benzene rings is 2. The molecule has 2 amide bonds. The predicted octanol–water partition coefficient (Wildman–Crippen LogP) is 3.32. The summed E-state index contributed by atoms with van der Waals surface area (Å²) in [4.78, 5) is 52.1. The Bertz CT molecular complexity index is 1330. The van der Waals surface area contributed by atoms with Gasteiger partial charge in [-0.25, -0.2) is 9.59 Å². The van der Waals surface area contributed by atoms with Crippen LogP contribution < -0.4 is 26.6 Å². The normalized spacial score (nSPS) is 11.2. The number of aromatic nitrogens is 2. The average Bonchev–Trinajstić information content (AvgIpc) is 2.72. The molecule has 3 aromatic rings. The van der Waals surface area contributed by atoms with E-state index in [0.717, 1.165) is 4.57 Å². The Balaban J connectivity index is 1.86. The highest BCUT2D eigenvalue weighted by atomic mass is 16.6. The van der Waals surface area contributed by atoms with Gasteiger partial charge in [0.1, 0.15) is 11.4 Å². The number of amides is 2. The highest BCUT2D eigenvalue weighted by Crippen LogP contribution is 2.28. The summed E-state index contributed by atoms with van der Waals surface area (Å²) in [5.74, 6) is -0.0832. The second kappa shape index (κ2) is 9.19. The van der Waals surface area contributed by atoms with E-state index in [1.165, 1.54) is 31.4 Å². The molecule has 0 spiro atoms. The van der Waals surface area contributed by atoms with Crippen LogP contribution in [0.25, 0.3) is 10.9 Å². The first-order valence-corrected chi connectivity index (χ1v) is 10.3. The number of fused-ring (bicyclic) bond motifs is 1. The third-order valence-corrected chi connectivity index (χ3v) is 4.65. The minimum atomic E-state index is -0.680. The lowest BCUT2D eigenvalue weighted by Crippen LogP contribution is -2.34. The fourth-order valence-electron chi connectivity index (χ4n) is 3.18. The highest BCUT2D eigenvalue weighted by molar-refractivity contribution is 6.06. The standard InChI is InChI=1S/C23H26N4O6/c1-6-27-20(29)15-9-7-13(11-16(15)25-21(27)30)19(28)24-14-8-10-18(32-5)17(12-14)26-22(31)33-23(2,3)4/h7-12H,6H2,1-5H3,(H,24,28)(H,25,30)(H,26,31). The molecular formula is C23H26N4O6. The predicted molar refractivity (Wildman–Crippen MR) is 125 cm³/mol. The molecule has 10 heteroatoms. The van der Waals surface area contributed by atoms with Crippen molar-refractivity contribution in [3.05, 3.63) is 62.8 Å². The molecule has 0 saturated carbocycles. The van der Waals surface area contributed by atoms with Crippen molar-refractivity contribution in [1.82, 2.24) is 9.55 Å². The lowest BCUT2D eigenvalue weighted by Gasteiger charge is -2.20. The number of nitrogens with zero attached hydrogens (tertiary/aromatic N) is 1. The van der Waals surface area contributed by atoms with Gasteiger partial charge >= 0.3 is 11.8 Å². The highest BCUT2D eigenvalue weighted by Gasteiger charge is 2.18. The van der Waals surface area contributed by atoms with Crippen LogP contribution in [0.5, 0.6) is 5.75 Å². The van der Waals surface area contributed by atoms with Gasteiger partial charge in [0.25, 0.3) is 11.5 Å². The first-order valence-electron chi connectivity index (χ1n) is 10.3. The van der Waals surface area contributed by atoms with Crippen LogP contribution in [0.3, 0.4) is 0 Å². The maximum absolute atomic E-state index is 12.8. The summed E-state index contributed by atoms with van der Waals surface area (Å²) in [7, 11) is 1.45. The molecule has 10 nitrogen and oxygen atoms in total. The molecule has 33 heavy (non-hydrogen) atoms. The Morgan fingerprint density at radius 1 is 1.06 bits per heavy atom. The van der Waals surface area contributed by atoms with Crippen LogP contribution in [-0.4, -0.2) is 34.3 Å². The SMILES string of the molecule is CCn1c(=O)[nH]c2cc(C(=O)Nc3ccc(OC)c(NC(=O)OC(C)(C)C)c3)ccc2c1=O. The van der Waals surface area contributed by atoms with Gasteiger partial charge in [-0.05, 0) is 64.1 Å². The summed E-state index contributed by atoms with van der Waals surface area (Å²) >= 11 is 0. The molecule has 1 heterocycles. The maximum atomic E-state index is 12.8. The van der Waals surface area contributed by atoms with Crippen LogP contribution in [-0.2, 0) is 11.3 Å². The summed E-state index contributed by atoms with van der Waals surface area (Å²) in [5, 5.41) is 5.64. The Kier molecular flexibility index (Phi) is 6.57. The zero-order valence-electron chi connectivity index (χ0n) is 19.1. The summed E-state index contributed by atoms with van der Waals surface area (Å²) < 4.78 is 11.6. The molecule has 0 radical (unpaired) electrons. The number of rotatable bonds is 5. The number of carbonyl (C=O) groups excluding carboxylic acids is 2. The van der Waals surface area contributed by atoms with Crippen molar-refractivity contribution >= 4 is 34.3 Å². The molecule has 0 fully saturated rings. The summed E-state index contributed by atoms with van der Waals surface area (Å²) in [6.45, 7) is 7.17. The van der Waals surface area contributed by atoms with E-state index in [4.69, 9.17) is 9.47 Å². The van der Waals surface area contributed by atoms with Crippen LogP contribution in [0.4, 0.5) is 16.2 Å². The zero-order valence-corrected chi connectivity index (χ0v) is 19.1. The second-order valence-electron chi connectivity index (χ2n) is 8.24. The molecule has 0 bridgehead atoms. The smallest absolute Gasteiger partial charge is 0.412 e. The van der Waals surface area contributed by atoms with E-state index in [9.17, 15) is 19.2 Å². The number of carbonyl (C=O) groups is 2. The first-order chi connectivity index (χ1) is 15.5. The van der Waals surface area contributed by atoms with Crippen LogP contribution >= 0.6 is 0 Å². The van der Waals surface area contributed by atoms with Gasteiger partial charge in [0, 0.05) is 17.8 Å². The lowest BCUT2D eigenvalue weighted by atomic mass is 10.1. The molecule has 0 aliphatic rings. The van der Waals surface area contributed by atoms with E-state index in [-0.39, 0.29) is 17.6 Å². The van der Waals surface area contributed by atoms with Crippen molar-refractivity contribution in [2.75, 3.05) is 17.7 Å². The third-order valence-electron chi connectivity index (χ3n) is 4.65. The van der Waals surface area contributed by atoms with Gasteiger partial charge in [0.2, 0.25) is 0 Å². The minimum Gasteiger partial charge on any atom is -0.495 e. The lowest BCUT2D eigenvalue weighted by molar-refractivity contribution is 0.0635. The number of ether oxygens (including phenoxy) is 2. The molecule has 0 unspecified atom stereocenters. The van der Waals surface area contributed by atoms with E-state index in [2.05, 4.69) is 15.6 Å². The number of aromatic amines is 1. The fraction of sp³-hybridized carbons (Fsp3) is 0.304. The zero-order chi connectivity index (χ0) is 24.3. The third kappa shape index (κ3) is 5.40. The first kappa shape index (κ1) is 23.6. The van der Waals surface area contributed by atoms with E-state index < -0.39 is 28.9 Å². The van der Waals surface area contributed by atoms with Crippen molar-refractivity contribution in [3.63, 3.8) is 0 Å². The number of anilines is 2. The largest absolute Gasteiger partial charge is 0.495 e. The van der Waals surface area contributed by atoms with Crippen molar-refractivity contribution in [2.24, 2.45) is 0 Å². The average molecular weight is 454 g/mol. The van der Waals surface area contributed by atoms with Gasteiger partial charge in [0.15, 0.2) is 0 Å². The van der Waals surface area contributed by atoms with Gasteiger partial charge < -0.3 is 19.8 Å². The fourth-order valence-corrected chi connectivity index (χ4v) is 3.18. The van der Waals surface area contributed by atoms with Crippen molar-refractivity contribution in [1.29, 1.82) is 0 Å². The number of hydrogen-bond donors (Lipinski definition) is 3. The van der Waals surface area contributed by atoms with Crippen LogP contribution in [0, 0.1) is 0 Å². The van der Waals surface area contributed by atoms with Gasteiger partial charge in [-0.1, -0.05) is 0 Å². The summed E-state index contributed by atoms with van der Waals surface area (Å²) in [6, 6.07) is 9.17. The van der Waals surface area contributed by atoms with Crippen molar-refractivity contribution in [3.8, 4) is 5.75 Å². The summed E-state index contributed by atoms with van der Waals surface area (Å²) in [5.41, 5.74) is -0.430.